The smallest absolute Gasteiger partial charge is 0.429 e. The Morgan fingerprint density at radius 1 is 0.460 bits per heavy atom. The van der Waals surface area contributed by atoms with Gasteiger partial charge in [0.25, 0.3) is 0 Å². The first-order valence-electron chi connectivity index (χ1n) is 14.7. The number of hydrogen-bond donors (Lipinski definition) is 0. The van der Waals surface area contributed by atoms with Crippen LogP contribution in [-0.2, 0) is 12.5 Å². The molecule has 5 rings (SSSR count). The Hall–Kier alpha value is -5.01. The fourth-order valence-electron chi connectivity index (χ4n) is 5.40. The van der Waals surface area contributed by atoms with Crippen LogP contribution in [0.3, 0.4) is 0 Å². The number of aryl methyl sites for hydroxylation is 1. The second-order valence-electron chi connectivity index (χ2n) is 11.2. The second kappa shape index (κ2) is 14.1. The van der Waals surface area contributed by atoms with Crippen molar-refractivity contribution in [3.05, 3.63) is 136 Å². The van der Waals surface area contributed by atoms with Gasteiger partial charge in [0.15, 0.2) is 17.5 Å². The van der Waals surface area contributed by atoms with Gasteiger partial charge >= 0.3 is 6.11 Å². The molecule has 0 aromatic heterocycles. The van der Waals surface area contributed by atoms with Crippen molar-refractivity contribution in [2.24, 2.45) is 0 Å². The first-order chi connectivity index (χ1) is 23.5. The van der Waals surface area contributed by atoms with Crippen molar-refractivity contribution in [3.63, 3.8) is 0 Å². The topological polar surface area (TPSA) is 9.23 Å². The Bertz CT molecular complexity index is 1990. The Morgan fingerprint density at radius 3 is 1.20 bits per heavy atom. The van der Waals surface area contributed by atoms with Crippen LogP contribution in [0, 0.1) is 64.0 Å². The third-order valence-corrected chi connectivity index (χ3v) is 7.66. The van der Waals surface area contributed by atoms with Gasteiger partial charge in [0.2, 0.25) is 0 Å². The van der Waals surface area contributed by atoms with E-state index in [9.17, 15) is 39.5 Å². The average Bonchev–Trinajstić information content (AvgIpc) is 2.98. The lowest BCUT2D eigenvalue weighted by atomic mass is 9.94. The summed E-state index contributed by atoms with van der Waals surface area (Å²) < 4.78 is 194. The molecule has 14 heteroatoms. The summed E-state index contributed by atoms with van der Waals surface area (Å²) in [6, 6.07) is 3.96. The van der Waals surface area contributed by atoms with Crippen LogP contribution in [0.15, 0.2) is 60.7 Å². The molecule has 0 bridgehead atoms. The van der Waals surface area contributed by atoms with E-state index in [4.69, 9.17) is 0 Å². The molecule has 0 spiro atoms. The molecule has 0 radical (unpaired) electrons. The highest BCUT2D eigenvalue weighted by Gasteiger charge is 2.42. The van der Waals surface area contributed by atoms with Gasteiger partial charge in [-0.05, 0) is 83.6 Å². The van der Waals surface area contributed by atoms with Crippen LogP contribution in [0.2, 0.25) is 0 Å². The van der Waals surface area contributed by atoms with Crippen LogP contribution in [0.4, 0.5) is 57.1 Å². The molecule has 0 fully saturated rings. The summed E-state index contributed by atoms with van der Waals surface area (Å²) in [5.41, 5.74) is -7.16. The maximum absolute atomic E-state index is 15.2. The molecule has 0 atom stereocenters. The van der Waals surface area contributed by atoms with Crippen LogP contribution in [-0.4, -0.2) is 0 Å². The summed E-state index contributed by atoms with van der Waals surface area (Å²) in [6.07, 6.45) is -2.29. The van der Waals surface area contributed by atoms with Crippen molar-refractivity contribution in [2.75, 3.05) is 0 Å². The summed E-state index contributed by atoms with van der Waals surface area (Å²) in [5.74, 6) is -20.1. The minimum Gasteiger partial charge on any atom is -0.429 e. The third-order valence-electron chi connectivity index (χ3n) is 7.66. The monoisotopic (exact) mass is 716 g/mol. The number of hydrogen-bond acceptors (Lipinski definition) is 1. The lowest BCUT2D eigenvalue weighted by Crippen LogP contribution is -2.25. The number of benzene rings is 5. The highest BCUT2D eigenvalue weighted by Crippen LogP contribution is 2.40. The van der Waals surface area contributed by atoms with Crippen LogP contribution in [0.5, 0.6) is 5.75 Å². The predicted octanol–water partition coefficient (Wildman–Crippen LogP) is 12.1. The fourth-order valence-corrected chi connectivity index (χ4v) is 5.40. The molecule has 50 heavy (non-hydrogen) atoms. The van der Waals surface area contributed by atoms with Crippen molar-refractivity contribution >= 4 is 0 Å². The summed E-state index contributed by atoms with van der Waals surface area (Å²) >= 11 is 0. The van der Waals surface area contributed by atoms with Gasteiger partial charge in [-0.15, -0.1) is 0 Å². The van der Waals surface area contributed by atoms with Gasteiger partial charge in [-0.3, -0.25) is 0 Å². The first kappa shape index (κ1) is 36.3. The van der Waals surface area contributed by atoms with Crippen LogP contribution < -0.4 is 4.74 Å². The van der Waals surface area contributed by atoms with Crippen LogP contribution in [0.25, 0.3) is 33.4 Å². The minimum atomic E-state index is -4.99. The molecule has 5 aromatic rings. The molecular formula is C36H21F13O. The van der Waals surface area contributed by atoms with E-state index in [-0.39, 0.29) is 24.3 Å². The van der Waals surface area contributed by atoms with Crippen LogP contribution in [0.1, 0.15) is 37.3 Å². The molecule has 0 aliphatic carbocycles. The fraction of sp³-hybridized carbons (Fsp3) is 0.167. The maximum atomic E-state index is 15.2. The summed E-state index contributed by atoms with van der Waals surface area (Å²) in [5, 5.41) is 0. The molecule has 0 heterocycles. The molecule has 0 amide bonds. The largest absolute Gasteiger partial charge is 0.432 e. The quantitative estimate of drug-likeness (QED) is 0.0794. The Labute approximate surface area is 275 Å². The van der Waals surface area contributed by atoms with E-state index >= 15 is 17.6 Å². The summed E-state index contributed by atoms with van der Waals surface area (Å²) in [4.78, 5) is 0. The molecule has 0 aliphatic rings. The van der Waals surface area contributed by atoms with Gasteiger partial charge < -0.3 is 4.74 Å². The number of rotatable bonds is 10. The number of unbranched alkanes of at least 4 members (excludes halogenated alkanes) is 2. The summed E-state index contributed by atoms with van der Waals surface area (Å²) in [6.45, 7) is 1.94. The van der Waals surface area contributed by atoms with Gasteiger partial charge in [0.05, 0.1) is 16.7 Å². The number of halogens is 13. The van der Waals surface area contributed by atoms with E-state index in [1.165, 1.54) is 0 Å². The highest BCUT2D eigenvalue weighted by atomic mass is 19.3. The second-order valence-corrected chi connectivity index (χ2v) is 11.2. The van der Waals surface area contributed by atoms with E-state index in [1.807, 2.05) is 6.92 Å². The predicted molar refractivity (Wildman–Crippen MR) is 156 cm³/mol. The van der Waals surface area contributed by atoms with E-state index in [1.54, 1.807) is 0 Å². The van der Waals surface area contributed by atoms with Gasteiger partial charge in [0, 0.05) is 12.1 Å². The van der Waals surface area contributed by atoms with Gasteiger partial charge in [-0.25, -0.2) is 48.3 Å². The van der Waals surface area contributed by atoms with Gasteiger partial charge in [-0.2, -0.15) is 8.78 Å². The first-order valence-corrected chi connectivity index (χ1v) is 14.7. The highest BCUT2D eigenvalue weighted by molar-refractivity contribution is 5.75. The minimum absolute atomic E-state index is 0.0227. The van der Waals surface area contributed by atoms with Crippen molar-refractivity contribution < 1.29 is 61.8 Å². The van der Waals surface area contributed by atoms with Gasteiger partial charge in [-0.1, -0.05) is 19.8 Å². The zero-order chi connectivity index (χ0) is 36.7. The van der Waals surface area contributed by atoms with Crippen molar-refractivity contribution in [3.8, 4) is 39.1 Å². The standard InChI is InChI=1S/C36H21F13O/c1-2-3-4-5-16-6-21(37)31(22(38)7-16)17-8-23(39)32(24(40)9-17)18-10-25(41)33(26(42)11-18)19-12-27(43)34(28(44)13-19)36(48,49)50-20-14-29(45)35(47)30(46)15-20/h6-15H,2-5H2,1H3. The lowest BCUT2D eigenvalue weighted by Gasteiger charge is -2.20. The molecule has 0 unspecified atom stereocenters. The molecule has 5 aromatic carbocycles. The third kappa shape index (κ3) is 7.15. The maximum Gasteiger partial charge on any atom is 0.432 e. The molecule has 0 N–H and O–H groups in total. The SMILES string of the molecule is CCCCCc1cc(F)c(-c2cc(F)c(-c3cc(F)c(-c4cc(F)c(C(F)(F)Oc5cc(F)c(F)c(F)c5)c(F)c4)c(F)c3)c(F)c2)c(F)c1. The Morgan fingerprint density at radius 2 is 0.820 bits per heavy atom. The van der Waals surface area contributed by atoms with Crippen molar-refractivity contribution in [1.82, 2.24) is 0 Å². The van der Waals surface area contributed by atoms with Gasteiger partial charge in [0.1, 0.15) is 57.9 Å². The molecule has 0 saturated carbocycles. The zero-order valence-corrected chi connectivity index (χ0v) is 25.4. The molecular weight excluding hydrogens is 695 g/mol. The van der Waals surface area contributed by atoms with E-state index < -0.39 is 115 Å². The van der Waals surface area contributed by atoms with E-state index in [0.717, 1.165) is 25.0 Å². The van der Waals surface area contributed by atoms with Crippen molar-refractivity contribution in [1.29, 1.82) is 0 Å². The molecule has 0 saturated heterocycles. The Kier molecular flexibility index (Phi) is 10.2. The number of alkyl halides is 2. The molecule has 1 nitrogen and oxygen atoms in total. The zero-order valence-electron chi connectivity index (χ0n) is 25.4. The Balaban J connectivity index is 1.47. The molecule has 0 aliphatic heterocycles. The molecule has 262 valence electrons. The lowest BCUT2D eigenvalue weighted by molar-refractivity contribution is -0.189. The average molecular weight is 717 g/mol. The van der Waals surface area contributed by atoms with E-state index in [0.29, 0.717) is 42.7 Å². The summed E-state index contributed by atoms with van der Waals surface area (Å²) in [7, 11) is 0. The number of ether oxygens (including phenoxy) is 1. The van der Waals surface area contributed by atoms with Crippen molar-refractivity contribution in [2.45, 2.75) is 38.7 Å². The van der Waals surface area contributed by atoms with E-state index in [2.05, 4.69) is 4.74 Å². The van der Waals surface area contributed by atoms with Crippen LogP contribution >= 0.6 is 0 Å². The normalized spacial score (nSPS) is 11.7.